The van der Waals surface area contributed by atoms with Gasteiger partial charge in [0.1, 0.15) is 0 Å². The first-order valence-corrected chi connectivity index (χ1v) is 8.29. The van der Waals surface area contributed by atoms with Crippen molar-refractivity contribution in [1.82, 2.24) is 9.88 Å². The molecule has 0 spiro atoms. The SMILES string of the molecule is CCOC(=O)/C(C)=C1\CC(=O)N(CCc2c[nH]c3ccccc23)C1=O. The molecule has 0 saturated carbocycles. The van der Waals surface area contributed by atoms with Crippen molar-refractivity contribution in [1.29, 1.82) is 0 Å². The van der Waals surface area contributed by atoms with Crippen molar-refractivity contribution in [3.8, 4) is 0 Å². The number of aromatic nitrogens is 1. The summed E-state index contributed by atoms with van der Waals surface area (Å²) in [6.07, 6.45) is 2.42. The smallest absolute Gasteiger partial charge is 0.334 e. The van der Waals surface area contributed by atoms with Gasteiger partial charge < -0.3 is 9.72 Å². The number of carbonyl (C=O) groups is 3. The lowest BCUT2D eigenvalue weighted by molar-refractivity contribution is -0.140. The molecule has 0 atom stereocenters. The van der Waals surface area contributed by atoms with E-state index >= 15 is 0 Å². The standard InChI is InChI=1S/C19H20N2O4/c1-3-25-19(24)12(2)15-10-17(22)21(18(15)23)9-8-13-11-20-16-7-5-4-6-14(13)16/h4-7,11,20H,3,8-10H2,1-2H3/b15-12+. The van der Waals surface area contributed by atoms with E-state index in [-0.39, 0.29) is 30.1 Å². The summed E-state index contributed by atoms with van der Waals surface area (Å²) in [5.74, 6) is -1.21. The molecule has 2 heterocycles. The van der Waals surface area contributed by atoms with Crippen LogP contribution in [0.4, 0.5) is 0 Å². The number of para-hydroxylation sites is 1. The fourth-order valence-corrected chi connectivity index (χ4v) is 3.05. The van der Waals surface area contributed by atoms with E-state index in [1.54, 1.807) is 6.92 Å². The highest BCUT2D eigenvalue weighted by Gasteiger charge is 2.36. The van der Waals surface area contributed by atoms with Gasteiger partial charge in [-0.25, -0.2) is 4.79 Å². The van der Waals surface area contributed by atoms with Gasteiger partial charge in [0, 0.05) is 34.8 Å². The maximum atomic E-state index is 12.5. The molecule has 0 aliphatic carbocycles. The number of likely N-dealkylation sites (tertiary alicyclic amines) is 1. The number of hydrogen-bond acceptors (Lipinski definition) is 4. The lowest BCUT2D eigenvalue weighted by Crippen LogP contribution is -2.31. The predicted octanol–water partition coefficient (Wildman–Crippen LogP) is 2.35. The minimum absolute atomic E-state index is 0.0443. The van der Waals surface area contributed by atoms with Gasteiger partial charge in [-0.1, -0.05) is 18.2 Å². The molecule has 1 aliphatic rings. The van der Waals surface area contributed by atoms with Crippen molar-refractivity contribution in [3.05, 3.63) is 47.2 Å². The lowest BCUT2D eigenvalue weighted by atomic mass is 10.1. The molecule has 3 rings (SSSR count). The Kier molecular flexibility index (Phi) is 4.70. The third-order valence-electron chi connectivity index (χ3n) is 4.45. The predicted molar refractivity (Wildman–Crippen MR) is 92.7 cm³/mol. The summed E-state index contributed by atoms with van der Waals surface area (Å²) < 4.78 is 4.92. The summed E-state index contributed by atoms with van der Waals surface area (Å²) in [5, 5.41) is 1.08. The Balaban J connectivity index is 1.75. The van der Waals surface area contributed by atoms with Crippen LogP contribution >= 0.6 is 0 Å². The lowest BCUT2D eigenvalue weighted by Gasteiger charge is -2.13. The molecule has 6 nitrogen and oxygen atoms in total. The average Bonchev–Trinajstić information content (AvgIpc) is 3.14. The molecule has 0 unspecified atom stereocenters. The Hall–Kier alpha value is -2.89. The molecule has 1 aromatic carbocycles. The van der Waals surface area contributed by atoms with E-state index in [0.29, 0.717) is 13.0 Å². The van der Waals surface area contributed by atoms with Crippen molar-refractivity contribution in [3.63, 3.8) is 0 Å². The normalized spacial score (nSPS) is 16.6. The summed E-state index contributed by atoms with van der Waals surface area (Å²) >= 11 is 0. The maximum absolute atomic E-state index is 12.5. The third kappa shape index (κ3) is 3.20. The fourth-order valence-electron chi connectivity index (χ4n) is 3.05. The van der Waals surface area contributed by atoms with Crippen molar-refractivity contribution in [2.45, 2.75) is 26.7 Å². The number of esters is 1. The Morgan fingerprint density at radius 2 is 2.04 bits per heavy atom. The van der Waals surface area contributed by atoms with Crippen LogP contribution in [0.15, 0.2) is 41.6 Å². The number of aromatic amines is 1. The van der Waals surface area contributed by atoms with Gasteiger partial charge in [0.05, 0.1) is 13.0 Å². The minimum atomic E-state index is -0.544. The number of nitrogens with one attached hydrogen (secondary N) is 1. The Morgan fingerprint density at radius 3 is 2.80 bits per heavy atom. The van der Waals surface area contributed by atoms with Crippen molar-refractivity contribution >= 4 is 28.7 Å². The number of imide groups is 1. The van der Waals surface area contributed by atoms with Crippen LogP contribution < -0.4 is 0 Å². The van der Waals surface area contributed by atoms with Crippen LogP contribution in [0.5, 0.6) is 0 Å². The van der Waals surface area contributed by atoms with Crippen molar-refractivity contribution < 1.29 is 19.1 Å². The van der Waals surface area contributed by atoms with Crippen LogP contribution in [0.3, 0.4) is 0 Å². The van der Waals surface area contributed by atoms with Gasteiger partial charge in [0.25, 0.3) is 5.91 Å². The zero-order valence-corrected chi connectivity index (χ0v) is 14.3. The van der Waals surface area contributed by atoms with E-state index in [9.17, 15) is 14.4 Å². The van der Waals surface area contributed by atoms with Gasteiger partial charge in [-0.05, 0) is 31.9 Å². The molecule has 1 fully saturated rings. The second kappa shape index (κ2) is 6.93. The monoisotopic (exact) mass is 340 g/mol. The summed E-state index contributed by atoms with van der Waals surface area (Å²) in [5.41, 5.74) is 2.53. The van der Waals surface area contributed by atoms with Crippen LogP contribution in [0.25, 0.3) is 10.9 Å². The quantitative estimate of drug-likeness (QED) is 0.515. The number of rotatable bonds is 5. The number of hydrogen-bond donors (Lipinski definition) is 1. The molecule has 130 valence electrons. The van der Waals surface area contributed by atoms with E-state index in [1.807, 2.05) is 30.5 Å². The van der Waals surface area contributed by atoms with Gasteiger partial charge in [-0.3, -0.25) is 14.5 Å². The molecule has 1 N–H and O–H groups in total. The van der Waals surface area contributed by atoms with Crippen LogP contribution in [-0.2, 0) is 25.5 Å². The molecule has 1 saturated heterocycles. The maximum Gasteiger partial charge on any atom is 0.334 e. The zero-order chi connectivity index (χ0) is 18.0. The highest BCUT2D eigenvalue weighted by atomic mass is 16.5. The molecule has 6 heteroatoms. The van der Waals surface area contributed by atoms with E-state index in [2.05, 4.69) is 4.98 Å². The first kappa shape index (κ1) is 17.0. The zero-order valence-electron chi connectivity index (χ0n) is 14.3. The Morgan fingerprint density at radius 1 is 1.28 bits per heavy atom. The fraction of sp³-hybridized carbons (Fsp3) is 0.316. The van der Waals surface area contributed by atoms with Crippen molar-refractivity contribution in [2.24, 2.45) is 0 Å². The summed E-state index contributed by atoms with van der Waals surface area (Å²) in [6.45, 7) is 3.75. The van der Waals surface area contributed by atoms with Gasteiger partial charge in [-0.15, -0.1) is 0 Å². The highest BCUT2D eigenvalue weighted by molar-refractivity contribution is 6.16. The van der Waals surface area contributed by atoms with E-state index in [0.717, 1.165) is 16.5 Å². The molecular formula is C19H20N2O4. The largest absolute Gasteiger partial charge is 0.463 e. The Bertz CT molecular complexity index is 878. The molecule has 1 aliphatic heterocycles. The number of ether oxygens (including phenoxy) is 1. The second-order valence-electron chi connectivity index (χ2n) is 5.96. The van der Waals surface area contributed by atoms with Crippen LogP contribution in [-0.4, -0.2) is 40.8 Å². The first-order chi connectivity index (χ1) is 12.0. The number of fused-ring (bicyclic) bond motifs is 1. The van der Waals surface area contributed by atoms with Gasteiger partial charge >= 0.3 is 5.97 Å². The average molecular weight is 340 g/mol. The first-order valence-electron chi connectivity index (χ1n) is 8.29. The van der Waals surface area contributed by atoms with E-state index in [1.165, 1.54) is 11.8 Å². The third-order valence-corrected chi connectivity index (χ3v) is 4.45. The summed E-state index contributed by atoms with van der Waals surface area (Å²) in [7, 11) is 0. The number of carbonyl (C=O) groups excluding carboxylic acids is 3. The number of amides is 2. The summed E-state index contributed by atoms with van der Waals surface area (Å²) in [6, 6.07) is 7.89. The van der Waals surface area contributed by atoms with E-state index < -0.39 is 11.9 Å². The second-order valence-corrected chi connectivity index (χ2v) is 5.96. The molecule has 2 aromatic rings. The van der Waals surface area contributed by atoms with Crippen molar-refractivity contribution in [2.75, 3.05) is 13.2 Å². The number of nitrogens with zero attached hydrogens (tertiary/aromatic N) is 1. The van der Waals surface area contributed by atoms with Gasteiger partial charge in [-0.2, -0.15) is 0 Å². The van der Waals surface area contributed by atoms with Crippen LogP contribution in [0.2, 0.25) is 0 Å². The molecule has 0 bridgehead atoms. The molecule has 1 aromatic heterocycles. The number of benzene rings is 1. The molecule has 0 radical (unpaired) electrons. The van der Waals surface area contributed by atoms with Crippen LogP contribution in [0.1, 0.15) is 25.8 Å². The molecular weight excluding hydrogens is 320 g/mol. The highest BCUT2D eigenvalue weighted by Crippen LogP contribution is 2.24. The summed E-state index contributed by atoms with van der Waals surface area (Å²) in [4.78, 5) is 41.0. The van der Waals surface area contributed by atoms with E-state index in [4.69, 9.17) is 4.74 Å². The number of H-pyrrole nitrogens is 1. The van der Waals surface area contributed by atoms with Gasteiger partial charge in [0.2, 0.25) is 5.91 Å². The minimum Gasteiger partial charge on any atom is -0.463 e. The van der Waals surface area contributed by atoms with Crippen LogP contribution in [0, 0.1) is 0 Å². The molecule has 25 heavy (non-hydrogen) atoms. The van der Waals surface area contributed by atoms with Gasteiger partial charge in [0.15, 0.2) is 0 Å². The molecule has 2 amide bonds. The Labute approximate surface area is 145 Å². The topological polar surface area (TPSA) is 79.5 Å².